The fourth-order valence-corrected chi connectivity index (χ4v) is 3.92. The minimum Gasteiger partial charge on any atom is -0.207 e. The molecule has 0 fully saturated rings. The maximum Gasteiger partial charge on any atom is 0.131 e. The summed E-state index contributed by atoms with van der Waals surface area (Å²) >= 11 is 0. The minimum absolute atomic E-state index is 0.216. The molecule has 0 unspecified atom stereocenters. The second-order valence-electron chi connectivity index (χ2n) is 8.72. The first kappa shape index (κ1) is 26.2. The third-order valence-corrected chi connectivity index (χ3v) is 5.96. The van der Waals surface area contributed by atoms with Crippen LogP contribution >= 0.6 is 0 Å². The van der Waals surface area contributed by atoms with Gasteiger partial charge in [-0.15, -0.1) is 0 Å². The quantitative estimate of drug-likeness (QED) is 0.138. The summed E-state index contributed by atoms with van der Waals surface area (Å²) in [6.07, 6.45) is 7.83. The molecule has 0 radical (unpaired) electrons. The van der Waals surface area contributed by atoms with E-state index >= 15 is 0 Å². The summed E-state index contributed by atoms with van der Waals surface area (Å²) in [7, 11) is 0. The zero-order chi connectivity index (χ0) is 25.2. The second kappa shape index (κ2) is 12.9. The van der Waals surface area contributed by atoms with Gasteiger partial charge in [0, 0.05) is 11.1 Å². The van der Waals surface area contributed by atoms with Gasteiger partial charge in [0.05, 0.1) is 0 Å². The van der Waals surface area contributed by atoms with Gasteiger partial charge < -0.3 is 0 Å². The van der Waals surface area contributed by atoms with E-state index in [1.165, 1.54) is 42.5 Å². The van der Waals surface area contributed by atoms with E-state index in [4.69, 9.17) is 0 Å². The number of benzene rings is 3. The lowest BCUT2D eigenvalue weighted by Crippen LogP contribution is -1.91. The van der Waals surface area contributed by atoms with E-state index < -0.39 is 5.83 Å². The topological polar surface area (TPSA) is 0 Å². The van der Waals surface area contributed by atoms with Crippen LogP contribution in [-0.4, -0.2) is 0 Å². The maximum atomic E-state index is 14.5. The van der Waals surface area contributed by atoms with E-state index in [2.05, 4.69) is 13.2 Å². The van der Waals surface area contributed by atoms with Gasteiger partial charge >= 0.3 is 0 Å². The number of rotatable bonds is 12. The van der Waals surface area contributed by atoms with E-state index in [1.807, 2.05) is 6.07 Å². The van der Waals surface area contributed by atoms with Crippen LogP contribution in [0.5, 0.6) is 0 Å². The van der Waals surface area contributed by atoms with Crippen LogP contribution in [-0.2, 0) is 6.42 Å². The summed E-state index contributed by atoms with van der Waals surface area (Å²) in [5.74, 6) is -1.47. The van der Waals surface area contributed by atoms with Crippen LogP contribution < -0.4 is 0 Å². The van der Waals surface area contributed by atoms with Crippen molar-refractivity contribution in [3.8, 4) is 11.1 Å². The van der Waals surface area contributed by atoms with Gasteiger partial charge in [0.2, 0.25) is 0 Å². The van der Waals surface area contributed by atoms with Crippen LogP contribution in [0.4, 0.5) is 17.6 Å². The highest BCUT2D eigenvalue weighted by atomic mass is 19.1. The van der Waals surface area contributed by atoms with Crippen LogP contribution in [0.1, 0.15) is 49.7 Å². The molecule has 0 heterocycles. The smallest absolute Gasteiger partial charge is 0.131 e. The molecular formula is C31H30F4. The predicted octanol–water partition coefficient (Wildman–Crippen LogP) is 9.78. The molecule has 0 nitrogen and oxygen atoms in total. The van der Waals surface area contributed by atoms with Gasteiger partial charge in [-0.1, -0.05) is 74.4 Å². The Balaban J connectivity index is 1.34. The van der Waals surface area contributed by atoms with Gasteiger partial charge in [-0.2, -0.15) is 0 Å². The fourth-order valence-electron chi connectivity index (χ4n) is 3.92. The molecule has 3 rings (SSSR count). The summed E-state index contributed by atoms with van der Waals surface area (Å²) < 4.78 is 55.0. The largest absolute Gasteiger partial charge is 0.207 e. The molecule has 0 N–H and O–H groups in total. The van der Waals surface area contributed by atoms with Crippen molar-refractivity contribution in [2.24, 2.45) is 0 Å². The van der Waals surface area contributed by atoms with Crippen molar-refractivity contribution in [1.29, 1.82) is 0 Å². The average Bonchev–Trinajstić information content (AvgIpc) is 2.84. The summed E-state index contributed by atoms with van der Waals surface area (Å²) in [6.45, 7) is 7.68. The van der Waals surface area contributed by atoms with E-state index in [9.17, 15) is 17.6 Å². The number of hydrogen-bond donors (Lipinski definition) is 0. The van der Waals surface area contributed by atoms with E-state index in [-0.39, 0.29) is 23.0 Å². The molecule has 0 saturated heterocycles. The summed E-state index contributed by atoms with van der Waals surface area (Å²) in [5.41, 5.74) is 3.53. The summed E-state index contributed by atoms with van der Waals surface area (Å²) in [6, 6.07) is 16.6. The Morgan fingerprint density at radius 3 is 1.97 bits per heavy atom. The second-order valence-corrected chi connectivity index (χ2v) is 8.72. The predicted molar refractivity (Wildman–Crippen MR) is 137 cm³/mol. The van der Waals surface area contributed by atoms with Crippen LogP contribution in [0.25, 0.3) is 16.7 Å². The van der Waals surface area contributed by atoms with Crippen molar-refractivity contribution in [3.05, 3.63) is 126 Å². The lowest BCUT2D eigenvalue weighted by atomic mass is 9.99. The number of halogens is 4. The van der Waals surface area contributed by atoms with Gasteiger partial charge in [-0.3, -0.25) is 0 Å². The zero-order valence-corrected chi connectivity index (χ0v) is 19.8. The Labute approximate surface area is 205 Å². The molecule has 4 heteroatoms. The third-order valence-electron chi connectivity index (χ3n) is 5.96. The highest BCUT2D eigenvalue weighted by Gasteiger charge is 2.08. The first-order chi connectivity index (χ1) is 16.8. The van der Waals surface area contributed by atoms with Crippen LogP contribution in [0, 0.1) is 17.5 Å². The van der Waals surface area contributed by atoms with E-state index in [0.29, 0.717) is 28.7 Å². The number of unbranched alkanes of at least 4 members (excludes halogenated alkanes) is 4. The van der Waals surface area contributed by atoms with Crippen molar-refractivity contribution in [1.82, 2.24) is 0 Å². The first-order valence-corrected chi connectivity index (χ1v) is 11.9. The van der Waals surface area contributed by atoms with E-state index in [0.717, 1.165) is 44.1 Å². The Bertz CT molecular complexity index is 1170. The molecule has 0 spiro atoms. The Kier molecular flexibility index (Phi) is 9.66. The summed E-state index contributed by atoms with van der Waals surface area (Å²) in [5, 5.41) is 0. The zero-order valence-electron chi connectivity index (χ0n) is 19.8. The SMILES string of the molecule is C=C(/C=C(/F)C(=C)c1ccc(F)cc1)CCCCCCCc1ccc(-c2ccc(F)cc2)c(F)c1. The molecule has 3 aromatic carbocycles. The average molecular weight is 479 g/mol. The van der Waals surface area contributed by atoms with Crippen molar-refractivity contribution in [2.45, 2.75) is 44.9 Å². The van der Waals surface area contributed by atoms with E-state index in [1.54, 1.807) is 24.3 Å². The third kappa shape index (κ3) is 8.10. The monoisotopic (exact) mass is 478 g/mol. The fraction of sp³-hybridized carbons (Fsp3) is 0.226. The van der Waals surface area contributed by atoms with Gasteiger partial charge in [-0.25, -0.2) is 17.6 Å². The molecule has 0 aliphatic heterocycles. The molecule has 182 valence electrons. The van der Waals surface area contributed by atoms with Gasteiger partial charge in [-0.05, 0) is 78.8 Å². The molecule has 0 aromatic heterocycles. The minimum atomic E-state index is -0.459. The Morgan fingerprint density at radius 1 is 0.714 bits per heavy atom. The highest BCUT2D eigenvalue weighted by molar-refractivity contribution is 5.75. The van der Waals surface area contributed by atoms with Crippen LogP contribution in [0.15, 0.2) is 97.4 Å². The number of hydrogen-bond acceptors (Lipinski definition) is 0. The van der Waals surface area contributed by atoms with Crippen molar-refractivity contribution in [2.75, 3.05) is 0 Å². The van der Waals surface area contributed by atoms with Crippen molar-refractivity contribution < 1.29 is 17.6 Å². The lowest BCUT2D eigenvalue weighted by Gasteiger charge is -2.07. The standard InChI is InChI=1S/C31H30F4/c1-22(20-30(34)23(2)25-11-15-27(32)16-12-25)8-6-4-3-5-7-9-24-10-19-29(31(35)21-24)26-13-17-28(33)18-14-26/h10-21H,1-9H2/b30-20+. The molecule has 0 amide bonds. The molecule has 0 aliphatic carbocycles. The molecular weight excluding hydrogens is 448 g/mol. The number of aryl methyl sites for hydroxylation is 1. The molecule has 0 bridgehead atoms. The molecule has 0 aliphatic rings. The first-order valence-electron chi connectivity index (χ1n) is 11.9. The summed E-state index contributed by atoms with van der Waals surface area (Å²) in [4.78, 5) is 0. The van der Waals surface area contributed by atoms with Gasteiger partial charge in [0.1, 0.15) is 23.3 Å². The Hall–Kier alpha value is -3.40. The molecule has 0 atom stereocenters. The van der Waals surface area contributed by atoms with Crippen LogP contribution in [0.2, 0.25) is 0 Å². The molecule has 0 saturated carbocycles. The number of allylic oxidation sites excluding steroid dienone is 4. The van der Waals surface area contributed by atoms with Crippen molar-refractivity contribution in [3.63, 3.8) is 0 Å². The lowest BCUT2D eigenvalue weighted by molar-refractivity contribution is 0.607. The van der Waals surface area contributed by atoms with Gasteiger partial charge in [0.25, 0.3) is 0 Å². The van der Waals surface area contributed by atoms with Gasteiger partial charge in [0.15, 0.2) is 0 Å². The molecule has 35 heavy (non-hydrogen) atoms. The van der Waals surface area contributed by atoms with Crippen LogP contribution in [0.3, 0.4) is 0 Å². The van der Waals surface area contributed by atoms with Crippen molar-refractivity contribution >= 4 is 5.57 Å². The highest BCUT2D eigenvalue weighted by Crippen LogP contribution is 2.26. The molecule has 3 aromatic rings. The maximum absolute atomic E-state index is 14.5. The Morgan fingerprint density at radius 2 is 1.31 bits per heavy atom. The normalized spacial score (nSPS) is 11.5.